The second kappa shape index (κ2) is 6.99. The molecule has 0 spiro atoms. The maximum Gasteiger partial charge on any atom is 0.162 e. The number of amidine groups is 1. The van der Waals surface area contributed by atoms with Gasteiger partial charge in [-0.05, 0) is 25.1 Å². The average molecular weight is 418 g/mol. The molecule has 3 aromatic heterocycles. The Morgan fingerprint density at radius 3 is 2.72 bits per heavy atom. The third kappa shape index (κ3) is 3.60. The van der Waals surface area contributed by atoms with Crippen LogP contribution in [-0.4, -0.2) is 40.2 Å². The minimum atomic E-state index is -3.55. The largest absolute Gasteiger partial charge is 0.386 e. The maximum absolute atomic E-state index is 14.4. The summed E-state index contributed by atoms with van der Waals surface area (Å²) in [5.74, 6) is -1.11. The van der Waals surface area contributed by atoms with E-state index in [9.17, 15) is 17.2 Å². The van der Waals surface area contributed by atoms with Crippen LogP contribution in [0.4, 0.5) is 20.4 Å². The van der Waals surface area contributed by atoms with Crippen LogP contribution in [0.25, 0.3) is 10.9 Å². The summed E-state index contributed by atoms with van der Waals surface area (Å²) in [6.07, 6.45) is 3.49. The Bertz CT molecular complexity index is 1250. The van der Waals surface area contributed by atoms with Crippen LogP contribution in [0.1, 0.15) is 18.5 Å². The third-order valence-electron chi connectivity index (χ3n) is 4.71. The van der Waals surface area contributed by atoms with Crippen LogP contribution in [0.15, 0.2) is 41.8 Å². The molecule has 0 fully saturated rings. The van der Waals surface area contributed by atoms with Gasteiger partial charge in [0.1, 0.15) is 34.1 Å². The molecule has 0 aromatic carbocycles. The molecule has 1 aliphatic rings. The summed E-state index contributed by atoms with van der Waals surface area (Å²) in [6.45, 7) is 1.45. The number of fused-ring (bicyclic) bond motifs is 1. The van der Waals surface area contributed by atoms with Gasteiger partial charge in [0.2, 0.25) is 0 Å². The number of hydrogen-bond acceptors (Lipinski definition) is 8. The van der Waals surface area contributed by atoms with E-state index >= 15 is 0 Å². The molecule has 1 aliphatic heterocycles. The number of anilines is 2. The summed E-state index contributed by atoms with van der Waals surface area (Å²) in [4.78, 5) is 16.3. The van der Waals surface area contributed by atoms with Gasteiger partial charge in [-0.25, -0.2) is 32.2 Å². The molecule has 3 aromatic rings. The zero-order valence-electron chi connectivity index (χ0n) is 15.2. The highest BCUT2D eigenvalue weighted by atomic mass is 32.2. The van der Waals surface area contributed by atoms with Crippen molar-refractivity contribution in [3.63, 3.8) is 0 Å². The van der Waals surface area contributed by atoms with E-state index in [1.807, 2.05) is 0 Å². The molecule has 150 valence electrons. The molecule has 0 saturated heterocycles. The number of sulfone groups is 1. The summed E-state index contributed by atoms with van der Waals surface area (Å²) >= 11 is 0. The van der Waals surface area contributed by atoms with E-state index in [0.29, 0.717) is 16.7 Å². The second-order valence-electron chi connectivity index (χ2n) is 6.64. The number of nitrogens with one attached hydrogen (secondary N) is 1. The molecular weight excluding hydrogens is 402 g/mol. The van der Waals surface area contributed by atoms with Crippen molar-refractivity contribution in [1.29, 1.82) is 0 Å². The van der Waals surface area contributed by atoms with Crippen LogP contribution in [0, 0.1) is 11.6 Å². The normalized spacial score (nSPS) is 21.0. The van der Waals surface area contributed by atoms with Crippen molar-refractivity contribution in [1.82, 2.24) is 15.0 Å². The van der Waals surface area contributed by atoms with Crippen molar-refractivity contribution in [3.8, 4) is 0 Å². The standard InChI is InChI=1S/C18H16F2N6O2S/c1-9-17(21)25-14(8-29(9,27)28)12-5-15(23-7-13(12)20)26-18-16-10(2-3-22-18)4-11(19)6-24-16/h2-7,9,14H,8H2,1H3,(H2,21,25)(H,22,23,26)/t9?,14-/m0/s1. The van der Waals surface area contributed by atoms with Crippen molar-refractivity contribution in [3.05, 3.63) is 54.0 Å². The number of hydrogen-bond donors (Lipinski definition) is 2. The van der Waals surface area contributed by atoms with Crippen LogP contribution in [0.2, 0.25) is 0 Å². The van der Waals surface area contributed by atoms with Crippen LogP contribution in [0.3, 0.4) is 0 Å². The Labute approximate surface area is 164 Å². The van der Waals surface area contributed by atoms with Gasteiger partial charge in [-0.1, -0.05) is 0 Å². The highest BCUT2D eigenvalue weighted by Gasteiger charge is 2.35. The van der Waals surface area contributed by atoms with Crippen molar-refractivity contribution in [2.45, 2.75) is 18.2 Å². The molecule has 4 rings (SSSR count). The molecule has 0 amide bonds. The van der Waals surface area contributed by atoms with Crippen LogP contribution in [0.5, 0.6) is 0 Å². The Balaban J connectivity index is 1.72. The molecule has 29 heavy (non-hydrogen) atoms. The predicted molar refractivity (Wildman–Crippen MR) is 105 cm³/mol. The van der Waals surface area contributed by atoms with E-state index in [1.54, 1.807) is 6.07 Å². The van der Waals surface area contributed by atoms with Crippen LogP contribution >= 0.6 is 0 Å². The number of aromatic nitrogens is 3. The van der Waals surface area contributed by atoms with E-state index in [2.05, 4.69) is 25.3 Å². The topological polar surface area (TPSA) is 123 Å². The minimum Gasteiger partial charge on any atom is -0.386 e. The van der Waals surface area contributed by atoms with Crippen molar-refractivity contribution >= 4 is 38.2 Å². The second-order valence-corrected chi connectivity index (χ2v) is 9.01. The quantitative estimate of drug-likeness (QED) is 0.669. The first kappa shape index (κ1) is 19.1. The van der Waals surface area contributed by atoms with E-state index < -0.39 is 32.8 Å². The van der Waals surface area contributed by atoms with Gasteiger partial charge in [-0.3, -0.25) is 4.99 Å². The highest BCUT2D eigenvalue weighted by molar-refractivity contribution is 7.92. The molecule has 8 nitrogen and oxygen atoms in total. The number of pyridine rings is 3. The Morgan fingerprint density at radius 1 is 1.17 bits per heavy atom. The maximum atomic E-state index is 14.4. The number of halogens is 2. The lowest BCUT2D eigenvalue weighted by Gasteiger charge is -2.24. The highest BCUT2D eigenvalue weighted by Crippen LogP contribution is 2.30. The number of nitrogens with zero attached hydrogens (tertiary/aromatic N) is 4. The Kier molecular flexibility index (Phi) is 4.61. The lowest BCUT2D eigenvalue weighted by molar-refractivity contribution is 0.565. The summed E-state index contributed by atoms with van der Waals surface area (Å²) < 4.78 is 52.3. The molecule has 0 aliphatic carbocycles. The lowest BCUT2D eigenvalue weighted by Crippen LogP contribution is -2.40. The fourth-order valence-corrected chi connectivity index (χ4v) is 4.47. The summed E-state index contributed by atoms with van der Waals surface area (Å²) in [6, 6.07) is 3.29. The molecule has 2 atom stereocenters. The monoisotopic (exact) mass is 418 g/mol. The molecule has 0 saturated carbocycles. The van der Waals surface area contributed by atoms with Gasteiger partial charge in [0.05, 0.1) is 24.2 Å². The zero-order valence-corrected chi connectivity index (χ0v) is 16.0. The lowest BCUT2D eigenvalue weighted by atomic mass is 10.1. The predicted octanol–water partition coefficient (Wildman–Crippen LogP) is 2.26. The van der Waals surface area contributed by atoms with Gasteiger partial charge in [0, 0.05) is 17.1 Å². The molecule has 4 heterocycles. The fourth-order valence-electron chi connectivity index (χ4n) is 3.05. The van der Waals surface area contributed by atoms with E-state index in [1.165, 1.54) is 25.3 Å². The van der Waals surface area contributed by atoms with Gasteiger partial charge >= 0.3 is 0 Å². The Hall–Kier alpha value is -3.21. The molecule has 3 N–H and O–H groups in total. The molecule has 0 radical (unpaired) electrons. The number of aliphatic imine (C=N–C) groups is 1. The van der Waals surface area contributed by atoms with Gasteiger partial charge in [-0.2, -0.15) is 0 Å². The van der Waals surface area contributed by atoms with Gasteiger partial charge < -0.3 is 11.1 Å². The minimum absolute atomic E-state index is 0.0418. The van der Waals surface area contributed by atoms with E-state index in [-0.39, 0.29) is 23.0 Å². The fraction of sp³-hybridized carbons (Fsp3) is 0.222. The third-order valence-corrected chi connectivity index (χ3v) is 6.81. The van der Waals surface area contributed by atoms with Crippen LogP contribution < -0.4 is 11.1 Å². The van der Waals surface area contributed by atoms with Crippen molar-refractivity contribution < 1.29 is 17.2 Å². The summed E-state index contributed by atoms with van der Waals surface area (Å²) in [5.41, 5.74) is 6.18. The zero-order chi connectivity index (χ0) is 20.8. The summed E-state index contributed by atoms with van der Waals surface area (Å²) in [5, 5.41) is 2.52. The number of rotatable bonds is 3. The van der Waals surface area contributed by atoms with Gasteiger partial charge in [-0.15, -0.1) is 0 Å². The Morgan fingerprint density at radius 2 is 1.97 bits per heavy atom. The smallest absolute Gasteiger partial charge is 0.162 e. The van der Waals surface area contributed by atoms with Crippen LogP contribution in [-0.2, 0) is 9.84 Å². The first-order valence-corrected chi connectivity index (χ1v) is 10.3. The van der Waals surface area contributed by atoms with E-state index in [0.717, 1.165) is 12.4 Å². The molecule has 1 unspecified atom stereocenters. The van der Waals surface area contributed by atoms with Crippen molar-refractivity contribution in [2.75, 3.05) is 11.1 Å². The molecular formula is C18H16F2N6O2S. The number of nitrogens with two attached hydrogens (primary N) is 1. The first-order valence-electron chi connectivity index (χ1n) is 8.62. The van der Waals surface area contributed by atoms with Crippen molar-refractivity contribution in [2.24, 2.45) is 10.7 Å². The van der Waals surface area contributed by atoms with Gasteiger partial charge in [0.25, 0.3) is 0 Å². The first-order chi connectivity index (χ1) is 13.7. The summed E-state index contributed by atoms with van der Waals surface area (Å²) in [7, 11) is -3.55. The molecule has 11 heteroatoms. The average Bonchev–Trinajstić information content (AvgIpc) is 2.67. The van der Waals surface area contributed by atoms with Gasteiger partial charge in [0.15, 0.2) is 15.7 Å². The molecule has 0 bridgehead atoms. The van der Waals surface area contributed by atoms with E-state index in [4.69, 9.17) is 5.73 Å². The SMILES string of the molecule is CC1C(N)=N[C@H](c2cc(Nc3nccc4cc(F)cnc34)ncc2F)CS1(=O)=O.